The first-order valence-electron chi connectivity index (χ1n) is 7.24. The highest BCUT2D eigenvalue weighted by atomic mass is 35.5. The van der Waals surface area contributed by atoms with E-state index in [9.17, 15) is 26.0 Å². The Morgan fingerprint density at radius 1 is 1.12 bits per heavy atom. The van der Waals surface area contributed by atoms with Crippen molar-refractivity contribution in [3.05, 3.63) is 53.3 Å². The lowest BCUT2D eigenvalue weighted by Gasteiger charge is -2.15. The predicted molar refractivity (Wildman–Crippen MR) is 94.6 cm³/mol. The lowest BCUT2D eigenvalue weighted by molar-refractivity contribution is -0.116. The molecule has 1 heterocycles. The summed E-state index contributed by atoms with van der Waals surface area (Å²) in [5.41, 5.74) is 0.133. The number of carbonyl (C=O) groups is 1. The number of anilines is 2. The number of rotatable bonds is 4. The van der Waals surface area contributed by atoms with Crippen molar-refractivity contribution >= 4 is 48.9 Å². The number of benzene rings is 2. The molecule has 0 saturated carbocycles. The van der Waals surface area contributed by atoms with Crippen molar-refractivity contribution in [2.45, 2.75) is 11.3 Å². The van der Waals surface area contributed by atoms with E-state index in [1.54, 1.807) is 0 Å². The van der Waals surface area contributed by atoms with Crippen molar-refractivity contribution in [1.29, 1.82) is 0 Å². The zero-order valence-electron chi connectivity index (χ0n) is 13.0. The molecule has 26 heavy (non-hydrogen) atoms. The fourth-order valence-corrected chi connectivity index (χ4v) is 5.09. The lowest BCUT2D eigenvalue weighted by atomic mass is 10.3. The van der Waals surface area contributed by atoms with Crippen molar-refractivity contribution in [3.63, 3.8) is 0 Å². The summed E-state index contributed by atoms with van der Waals surface area (Å²) in [7, 11) is -7.74. The van der Waals surface area contributed by atoms with Gasteiger partial charge in [0.25, 0.3) is 10.0 Å². The van der Waals surface area contributed by atoms with Gasteiger partial charge in [-0.1, -0.05) is 11.6 Å². The minimum absolute atomic E-state index is 0.0660. The second-order valence-corrected chi connectivity index (χ2v) is 9.48. The molecule has 0 radical (unpaired) electrons. The van der Waals surface area contributed by atoms with Crippen LogP contribution in [0.25, 0.3) is 0 Å². The van der Waals surface area contributed by atoms with Gasteiger partial charge in [-0.05, 0) is 42.5 Å². The van der Waals surface area contributed by atoms with Crippen LogP contribution in [0.1, 0.15) is 6.42 Å². The van der Waals surface area contributed by atoms with Crippen molar-refractivity contribution < 1.29 is 26.0 Å². The van der Waals surface area contributed by atoms with E-state index < -0.39 is 31.8 Å². The Kier molecular flexibility index (Phi) is 4.67. The van der Waals surface area contributed by atoms with Gasteiger partial charge in [-0.2, -0.15) is 0 Å². The highest BCUT2D eigenvalue weighted by Crippen LogP contribution is 2.27. The van der Waals surface area contributed by atoms with Crippen LogP contribution < -0.4 is 9.03 Å². The molecule has 7 nitrogen and oxygen atoms in total. The van der Waals surface area contributed by atoms with E-state index >= 15 is 0 Å². The number of sulfonamides is 2. The molecule has 0 bridgehead atoms. The van der Waals surface area contributed by atoms with Crippen molar-refractivity contribution in [2.75, 3.05) is 14.8 Å². The maximum absolute atomic E-state index is 13.2. The maximum Gasteiger partial charge on any atom is 0.261 e. The highest BCUT2D eigenvalue weighted by Gasteiger charge is 2.36. The Hall–Kier alpha value is -2.17. The molecule has 1 aliphatic rings. The van der Waals surface area contributed by atoms with Gasteiger partial charge < -0.3 is 0 Å². The van der Waals surface area contributed by atoms with Gasteiger partial charge in [-0.15, -0.1) is 0 Å². The van der Waals surface area contributed by atoms with Crippen LogP contribution in [0.2, 0.25) is 5.02 Å². The molecular weight excluding hydrogens is 407 g/mol. The summed E-state index contributed by atoms with van der Waals surface area (Å²) in [6.07, 6.45) is -0.116. The topological polar surface area (TPSA) is 101 Å². The lowest BCUT2D eigenvalue weighted by Crippen LogP contribution is -2.29. The van der Waals surface area contributed by atoms with Crippen LogP contribution in [0.4, 0.5) is 15.8 Å². The summed E-state index contributed by atoms with van der Waals surface area (Å²) in [6, 6.07) is 8.15. The zero-order valence-corrected chi connectivity index (χ0v) is 15.4. The van der Waals surface area contributed by atoms with Gasteiger partial charge in [0.2, 0.25) is 15.9 Å². The van der Waals surface area contributed by atoms with E-state index in [0.717, 1.165) is 12.1 Å². The molecule has 2 aromatic rings. The summed E-state index contributed by atoms with van der Waals surface area (Å²) in [5, 5.41) is -0.238. The Balaban J connectivity index is 1.87. The summed E-state index contributed by atoms with van der Waals surface area (Å²) in [4.78, 5) is 11.6. The maximum atomic E-state index is 13.2. The summed E-state index contributed by atoms with van der Waals surface area (Å²) in [5.74, 6) is -1.53. The van der Waals surface area contributed by atoms with Crippen LogP contribution in [-0.4, -0.2) is 28.5 Å². The second-order valence-electron chi connectivity index (χ2n) is 5.45. The number of halogens is 2. The summed E-state index contributed by atoms with van der Waals surface area (Å²) >= 11 is 5.62. The van der Waals surface area contributed by atoms with E-state index in [1.165, 1.54) is 30.3 Å². The SMILES string of the molecule is O=C1CCS(=O)(=O)N1c1ccc(S(=O)(=O)Nc2ccc(F)c(Cl)c2)cc1. The molecule has 0 unspecified atom stereocenters. The molecule has 0 aromatic heterocycles. The average molecular weight is 419 g/mol. The van der Waals surface area contributed by atoms with Gasteiger partial charge >= 0.3 is 0 Å². The first-order chi connectivity index (χ1) is 12.1. The Labute approximate surface area is 154 Å². The van der Waals surface area contributed by atoms with Crippen molar-refractivity contribution in [3.8, 4) is 0 Å². The molecule has 1 amide bonds. The van der Waals surface area contributed by atoms with Crippen LogP contribution in [0, 0.1) is 5.82 Å². The van der Waals surface area contributed by atoms with Crippen LogP contribution in [0.15, 0.2) is 47.4 Å². The highest BCUT2D eigenvalue weighted by molar-refractivity contribution is 7.94. The smallest absolute Gasteiger partial charge is 0.261 e. The quantitative estimate of drug-likeness (QED) is 0.821. The number of hydrogen-bond acceptors (Lipinski definition) is 5. The van der Waals surface area contributed by atoms with E-state index in [-0.39, 0.29) is 33.5 Å². The Morgan fingerprint density at radius 3 is 2.31 bits per heavy atom. The fourth-order valence-electron chi connectivity index (χ4n) is 2.40. The fraction of sp³-hybridized carbons (Fsp3) is 0.133. The molecule has 1 N–H and O–H groups in total. The standard InChI is InChI=1S/C15H12ClFN2O5S2/c16-13-9-10(1-6-14(13)17)18-26(23,24)12-4-2-11(3-5-12)19-15(20)7-8-25(19,21)22/h1-6,9,18H,7-8H2. The number of carbonyl (C=O) groups excluding carboxylic acids is 1. The molecule has 1 saturated heterocycles. The molecule has 2 aromatic carbocycles. The van der Waals surface area contributed by atoms with E-state index in [4.69, 9.17) is 11.6 Å². The molecule has 0 aliphatic carbocycles. The largest absolute Gasteiger partial charge is 0.280 e. The molecule has 0 spiro atoms. The normalized spacial score (nSPS) is 16.7. The average Bonchev–Trinajstić information content (AvgIpc) is 2.84. The van der Waals surface area contributed by atoms with E-state index in [0.29, 0.717) is 4.31 Å². The molecule has 3 rings (SSSR count). The van der Waals surface area contributed by atoms with E-state index in [1.807, 2.05) is 0 Å². The van der Waals surface area contributed by atoms with Gasteiger partial charge in [0.15, 0.2) is 0 Å². The Bertz CT molecular complexity index is 1090. The third kappa shape index (κ3) is 3.53. The van der Waals surface area contributed by atoms with Gasteiger partial charge in [0, 0.05) is 6.42 Å². The van der Waals surface area contributed by atoms with Crippen LogP contribution in [0.3, 0.4) is 0 Å². The third-order valence-electron chi connectivity index (χ3n) is 3.63. The third-order valence-corrected chi connectivity index (χ3v) is 7.01. The Morgan fingerprint density at radius 2 is 1.77 bits per heavy atom. The van der Waals surface area contributed by atoms with Crippen LogP contribution in [-0.2, 0) is 24.8 Å². The second kappa shape index (κ2) is 6.53. The van der Waals surface area contributed by atoms with Crippen molar-refractivity contribution in [1.82, 2.24) is 0 Å². The molecule has 1 aliphatic heterocycles. The van der Waals surface area contributed by atoms with Gasteiger partial charge in [-0.25, -0.2) is 25.5 Å². The van der Waals surface area contributed by atoms with Crippen molar-refractivity contribution in [2.24, 2.45) is 0 Å². The number of nitrogens with zero attached hydrogens (tertiary/aromatic N) is 1. The minimum Gasteiger partial charge on any atom is -0.280 e. The van der Waals surface area contributed by atoms with E-state index in [2.05, 4.69) is 4.72 Å². The van der Waals surface area contributed by atoms with Crippen LogP contribution >= 0.6 is 11.6 Å². The first kappa shape index (κ1) is 18.6. The number of hydrogen-bond donors (Lipinski definition) is 1. The summed E-state index contributed by atoms with van der Waals surface area (Å²) < 4.78 is 64.6. The molecule has 11 heteroatoms. The monoisotopic (exact) mass is 418 g/mol. The molecule has 0 atom stereocenters. The number of amides is 1. The molecule has 138 valence electrons. The molecular formula is C15H12ClFN2O5S2. The van der Waals surface area contributed by atoms with Gasteiger partial charge in [0.1, 0.15) is 5.82 Å². The molecule has 1 fully saturated rings. The first-order valence-corrected chi connectivity index (χ1v) is 10.7. The van der Waals surface area contributed by atoms with Crippen LogP contribution in [0.5, 0.6) is 0 Å². The van der Waals surface area contributed by atoms with Gasteiger partial charge in [0.05, 0.1) is 27.0 Å². The minimum atomic E-state index is -4.01. The summed E-state index contributed by atoms with van der Waals surface area (Å²) in [6.45, 7) is 0. The predicted octanol–water partition coefficient (Wildman–Crippen LogP) is 2.35. The van der Waals surface area contributed by atoms with Gasteiger partial charge in [-0.3, -0.25) is 9.52 Å². The number of nitrogens with one attached hydrogen (secondary N) is 1. The zero-order chi connectivity index (χ0) is 19.1.